The molecule has 1 aromatic carbocycles. The van der Waals surface area contributed by atoms with E-state index in [0.717, 1.165) is 21.3 Å². The molecule has 4 heteroatoms. The summed E-state index contributed by atoms with van der Waals surface area (Å²) in [5.74, 6) is 0.557. The number of hydrogen-bond donors (Lipinski definition) is 0. The fraction of sp³-hybridized carbons (Fsp3) is 0.417. The molecule has 0 aromatic heterocycles. The zero-order valence-electron chi connectivity index (χ0n) is 9.67. The summed E-state index contributed by atoms with van der Waals surface area (Å²) in [6, 6.07) is 3.74. The summed E-state index contributed by atoms with van der Waals surface area (Å²) in [6.45, 7) is 4.13. The van der Waals surface area contributed by atoms with E-state index in [1.807, 2.05) is 19.1 Å². The minimum atomic E-state index is -0.223. The second-order valence-corrected chi connectivity index (χ2v) is 4.19. The molecule has 0 fully saturated rings. The number of ether oxygens (including phenoxy) is 2. The number of hydrogen-bond acceptors (Lipinski definition) is 3. The van der Waals surface area contributed by atoms with Crippen LogP contribution in [-0.2, 0) is 16.0 Å². The number of methoxy groups -OCH3 is 1. The number of esters is 1. The van der Waals surface area contributed by atoms with Crippen LogP contribution in [0.1, 0.15) is 18.1 Å². The van der Waals surface area contributed by atoms with Crippen molar-refractivity contribution in [2.24, 2.45) is 0 Å². The van der Waals surface area contributed by atoms with Crippen LogP contribution in [0.4, 0.5) is 0 Å². The Bertz CT molecular complexity index is 388. The molecule has 1 rings (SSSR count). The normalized spacial score (nSPS) is 10.0. The number of carbonyl (C=O) groups excluding carboxylic acids is 1. The predicted octanol–water partition coefficient (Wildman–Crippen LogP) is 2.87. The number of carbonyl (C=O) groups is 1. The second kappa shape index (κ2) is 5.89. The zero-order chi connectivity index (χ0) is 12.1. The quantitative estimate of drug-likeness (QED) is 0.799. The van der Waals surface area contributed by atoms with Gasteiger partial charge in [-0.25, -0.2) is 0 Å². The zero-order valence-corrected chi connectivity index (χ0v) is 11.3. The van der Waals surface area contributed by atoms with E-state index in [-0.39, 0.29) is 12.4 Å². The van der Waals surface area contributed by atoms with Crippen LogP contribution in [0.25, 0.3) is 0 Å². The van der Waals surface area contributed by atoms with E-state index in [1.165, 1.54) is 0 Å². The average molecular weight is 287 g/mol. The molecule has 0 bridgehead atoms. The van der Waals surface area contributed by atoms with Gasteiger partial charge in [-0.2, -0.15) is 0 Å². The summed E-state index contributed by atoms with van der Waals surface area (Å²) in [5, 5.41) is 0. The highest BCUT2D eigenvalue weighted by atomic mass is 79.9. The van der Waals surface area contributed by atoms with Crippen LogP contribution < -0.4 is 4.74 Å². The Morgan fingerprint density at radius 3 is 2.69 bits per heavy atom. The van der Waals surface area contributed by atoms with Crippen LogP contribution in [0, 0.1) is 6.92 Å². The Balaban J connectivity index is 2.98. The van der Waals surface area contributed by atoms with Crippen LogP contribution in [0.3, 0.4) is 0 Å². The van der Waals surface area contributed by atoms with Gasteiger partial charge in [0.15, 0.2) is 0 Å². The molecular formula is C12H15BrO3. The lowest BCUT2D eigenvalue weighted by atomic mass is 10.0. The summed E-state index contributed by atoms with van der Waals surface area (Å²) >= 11 is 3.43. The van der Waals surface area contributed by atoms with Crippen molar-refractivity contribution in [3.8, 4) is 5.75 Å². The van der Waals surface area contributed by atoms with Gasteiger partial charge < -0.3 is 9.47 Å². The van der Waals surface area contributed by atoms with Crippen molar-refractivity contribution in [3.05, 3.63) is 27.7 Å². The van der Waals surface area contributed by atoms with Crippen LogP contribution in [0.5, 0.6) is 5.75 Å². The van der Waals surface area contributed by atoms with Crippen LogP contribution in [-0.4, -0.2) is 19.7 Å². The molecule has 0 amide bonds. The number of halogens is 1. The van der Waals surface area contributed by atoms with Gasteiger partial charge in [0.25, 0.3) is 0 Å². The van der Waals surface area contributed by atoms with E-state index in [2.05, 4.69) is 15.9 Å². The molecule has 0 radical (unpaired) electrons. The van der Waals surface area contributed by atoms with Crippen molar-refractivity contribution < 1.29 is 14.3 Å². The molecule has 1 aromatic rings. The van der Waals surface area contributed by atoms with Gasteiger partial charge in [-0.15, -0.1) is 0 Å². The van der Waals surface area contributed by atoms with E-state index in [1.54, 1.807) is 14.0 Å². The monoisotopic (exact) mass is 286 g/mol. The molecular weight excluding hydrogens is 272 g/mol. The average Bonchev–Trinajstić information content (AvgIpc) is 2.25. The maximum Gasteiger partial charge on any atom is 0.310 e. The Hall–Kier alpha value is -1.03. The molecule has 0 spiro atoms. The molecule has 0 aliphatic rings. The van der Waals surface area contributed by atoms with Gasteiger partial charge in [-0.05, 0) is 37.1 Å². The Labute approximate surface area is 104 Å². The Kier molecular flexibility index (Phi) is 4.80. The largest absolute Gasteiger partial charge is 0.496 e. The number of rotatable bonds is 4. The van der Waals surface area contributed by atoms with Crippen LogP contribution >= 0.6 is 15.9 Å². The summed E-state index contributed by atoms with van der Waals surface area (Å²) in [4.78, 5) is 11.4. The Morgan fingerprint density at radius 1 is 1.44 bits per heavy atom. The molecule has 88 valence electrons. The second-order valence-electron chi connectivity index (χ2n) is 3.33. The molecule has 0 N–H and O–H groups in total. The lowest BCUT2D eigenvalue weighted by Crippen LogP contribution is -2.09. The first kappa shape index (κ1) is 13.0. The van der Waals surface area contributed by atoms with E-state index in [9.17, 15) is 4.79 Å². The molecule has 16 heavy (non-hydrogen) atoms. The lowest BCUT2D eigenvalue weighted by molar-refractivity contribution is -0.142. The van der Waals surface area contributed by atoms with Crippen molar-refractivity contribution in [2.75, 3.05) is 13.7 Å². The summed E-state index contributed by atoms with van der Waals surface area (Å²) in [6.07, 6.45) is 0.261. The van der Waals surface area contributed by atoms with Crippen LogP contribution in [0.2, 0.25) is 0 Å². The first-order valence-electron chi connectivity index (χ1n) is 5.07. The highest BCUT2D eigenvalue weighted by Gasteiger charge is 2.13. The van der Waals surface area contributed by atoms with Crippen molar-refractivity contribution in [3.63, 3.8) is 0 Å². The van der Waals surface area contributed by atoms with Crippen molar-refractivity contribution in [1.82, 2.24) is 0 Å². The highest BCUT2D eigenvalue weighted by molar-refractivity contribution is 9.10. The molecule has 0 aliphatic carbocycles. The highest BCUT2D eigenvalue weighted by Crippen LogP contribution is 2.28. The molecule has 0 heterocycles. The van der Waals surface area contributed by atoms with Crippen LogP contribution in [0.15, 0.2) is 16.6 Å². The fourth-order valence-electron chi connectivity index (χ4n) is 1.50. The van der Waals surface area contributed by atoms with Gasteiger partial charge in [0.2, 0.25) is 0 Å². The molecule has 0 unspecified atom stereocenters. The third-order valence-electron chi connectivity index (χ3n) is 2.34. The molecule has 0 aliphatic heterocycles. The van der Waals surface area contributed by atoms with Gasteiger partial charge in [-0.3, -0.25) is 4.79 Å². The minimum absolute atomic E-state index is 0.223. The topological polar surface area (TPSA) is 35.5 Å². The number of benzene rings is 1. The van der Waals surface area contributed by atoms with Crippen molar-refractivity contribution in [1.29, 1.82) is 0 Å². The maximum atomic E-state index is 11.4. The van der Waals surface area contributed by atoms with Gasteiger partial charge in [0.05, 0.1) is 20.1 Å². The SMILES string of the molecule is CCOC(=O)Cc1c(Br)ccc(OC)c1C. The summed E-state index contributed by atoms with van der Waals surface area (Å²) < 4.78 is 11.0. The third-order valence-corrected chi connectivity index (χ3v) is 3.08. The van der Waals surface area contributed by atoms with E-state index >= 15 is 0 Å². The lowest BCUT2D eigenvalue weighted by Gasteiger charge is -2.11. The summed E-state index contributed by atoms with van der Waals surface area (Å²) in [7, 11) is 1.62. The molecule has 0 saturated heterocycles. The van der Waals surface area contributed by atoms with Gasteiger partial charge >= 0.3 is 5.97 Å². The van der Waals surface area contributed by atoms with E-state index in [0.29, 0.717) is 6.61 Å². The standard InChI is InChI=1S/C12H15BrO3/c1-4-16-12(14)7-9-8(2)11(15-3)6-5-10(9)13/h5-6H,4,7H2,1-3H3. The molecule has 0 saturated carbocycles. The molecule has 3 nitrogen and oxygen atoms in total. The van der Waals surface area contributed by atoms with E-state index < -0.39 is 0 Å². The maximum absolute atomic E-state index is 11.4. The van der Waals surface area contributed by atoms with Gasteiger partial charge in [0.1, 0.15) is 5.75 Å². The van der Waals surface area contributed by atoms with Gasteiger partial charge in [-0.1, -0.05) is 15.9 Å². The van der Waals surface area contributed by atoms with E-state index in [4.69, 9.17) is 9.47 Å². The molecule has 0 atom stereocenters. The Morgan fingerprint density at radius 2 is 2.12 bits per heavy atom. The first-order valence-corrected chi connectivity index (χ1v) is 5.87. The smallest absolute Gasteiger partial charge is 0.310 e. The van der Waals surface area contributed by atoms with Crippen molar-refractivity contribution >= 4 is 21.9 Å². The fourth-order valence-corrected chi connectivity index (χ4v) is 2.07. The van der Waals surface area contributed by atoms with Gasteiger partial charge in [0, 0.05) is 4.47 Å². The first-order chi connectivity index (χ1) is 7.60. The minimum Gasteiger partial charge on any atom is -0.496 e. The predicted molar refractivity (Wildman–Crippen MR) is 65.8 cm³/mol. The summed E-state index contributed by atoms with van der Waals surface area (Å²) in [5.41, 5.74) is 1.88. The van der Waals surface area contributed by atoms with Crippen molar-refractivity contribution in [2.45, 2.75) is 20.3 Å². The third kappa shape index (κ3) is 2.98.